The van der Waals surface area contributed by atoms with E-state index in [4.69, 9.17) is 0 Å². The fraction of sp³-hybridized carbons (Fsp3) is 0.316. The topological polar surface area (TPSA) is 97.6 Å². The Balaban J connectivity index is 1.56. The molecule has 3 aliphatic heterocycles. The van der Waals surface area contributed by atoms with Crippen LogP contribution in [-0.2, 0) is 9.59 Å². The minimum Gasteiger partial charge on any atom is -0.327 e. The van der Waals surface area contributed by atoms with Crippen molar-refractivity contribution in [3.05, 3.63) is 36.0 Å². The summed E-state index contributed by atoms with van der Waals surface area (Å²) in [5.74, 6) is -2.69. The van der Waals surface area contributed by atoms with E-state index in [2.05, 4.69) is 4.98 Å². The van der Waals surface area contributed by atoms with Crippen molar-refractivity contribution >= 4 is 34.4 Å². The standard InChI is InChI=1S/C19H12F3N5O3/c20-19(21,22)17(29)25-8-10-6-13(25)15-16(28)27(18(30)26(10)15)12-4-3-9(7-23)14-11(12)2-1-5-24-14/h1-5,10,13,15H,6,8H2. The highest BCUT2D eigenvalue weighted by Crippen LogP contribution is 2.44. The number of carbonyl (C=O) groups excluding carboxylic acids is 3. The number of nitrogens with zero attached hydrogens (tertiary/aromatic N) is 5. The number of hydrogen-bond acceptors (Lipinski definition) is 5. The third-order valence-electron chi connectivity index (χ3n) is 5.88. The molecule has 0 aliphatic carbocycles. The second-order valence-corrected chi connectivity index (χ2v) is 7.36. The lowest BCUT2D eigenvalue weighted by Crippen LogP contribution is -2.57. The van der Waals surface area contributed by atoms with E-state index in [0.717, 1.165) is 4.90 Å². The van der Waals surface area contributed by atoms with Crippen LogP contribution in [-0.4, -0.2) is 63.5 Å². The molecule has 3 aliphatic rings. The number of urea groups is 1. The Morgan fingerprint density at radius 3 is 2.70 bits per heavy atom. The molecule has 0 spiro atoms. The van der Waals surface area contributed by atoms with Crippen LogP contribution >= 0.6 is 0 Å². The molecule has 4 heterocycles. The summed E-state index contributed by atoms with van der Waals surface area (Å²) in [6.45, 7) is -0.262. The molecule has 3 saturated heterocycles. The van der Waals surface area contributed by atoms with Gasteiger partial charge in [0, 0.05) is 18.1 Å². The summed E-state index contributed by atoms with van der Waals surface area (Å²) >= 11 is 0. The Labute approximate surface area is 167 Å². The maximum atomic E-state index is 13.2. The Hall–Kier alpha value is -3.68. The van der Waals surface area contributed by atoms with Gasteiger partial charge in [-0.2, -0.15) is 18.4 Å². The number of hydrogen-bond donors (Lipinski definition) is 0. The molecule has 3 fully saturated rings. The molecule has 11 heteroatoms. The monoisotopic (exact) mass is 415 g/mol. The van der Waals surface area contributed by atoms with E-state index in [9.17, 15) is 32.8 Å². The van der Waals surface area contributed by atoms with Crippen LogP contribution in [0.5, 0.6) is 0 Å². The zero-order chi connectivity index (χ0) is 21.4. The van der Waals surface area contributed by atoms with E-state index in [-0.39, 0.29) is 24.2 Å². The van der Waals surface area contributed by atoms with Gasteiger partial charge in [-0.15, -0.1) is 0 Å². The van der Waals surface area contributed by atoms with Crippen molar-refractivity contribution < 1.29 is 27.6 Å². The van der Waals surface area contributed by atoms with Gasteiger partial charge in [0.2, 0.25) is 0 Å². The van der Waals surface area contributed by atoms with Gasteiger partial charge in [-0.25, -0.2) is 9.69 Å². The normalized spacial score (nSPS) is 25.3. The SMILES string of the molecule is N#Cc1ccc(N2C(=O)C3C4CC(CN4C(=O)C(F)(F)F)N3C2=O)c2cccnc12. The number of pyridine rings is 1. The summed E-state index contributed by atoms with van der Waals surface area (Å²) in [7, 11) is 0. The van der Waals surface area contributed by atoms with Crippen LogP contribution in [0.4, 0.5) is 23.7 Å². The highest BCUT2D eigenvalue weighted by molar-refractivity contribution is 6.25. The van der Waals surface area contributed by atoms with Crippen LogP contribution in [0.3, 0.4) is 0 Å². The van der Waals surface area contributed by atoms with Gasteiger partial charge < -0.3 is 9.80 Å². The quantitative estimate of drug-likeness (QED) is 0.662. The number of carbonyl (C=O) groups is 3. The lowest BCUT2D eigenvalue weighted by molar-refractivity contribution is -0.188. The maximum absolute atomic E-state index is 13.2. The second-order valence-electron chi connectivity index (χ2n) is 7.36. The molecule has 0 N–H and O–H groups in total. The first-order valence-corrected chi connectivity index (χ1v) is 9.06. The summed E-state index contributed by atoms with van der Waals surface area (Å²) in [6, 6.07) is 4.59. The van der Waals surface area contributed by atoms with Gasteiger partial charge in [0.1, 0.15) is 12.1 Å². The molecule has 3 unspecified atom stereocenters. The number of benzene rings is 1. The summed E-state index contributed by atoms with van der Waals surface area (Å²) in [5, 5.41) is 9.67. The van der Waals surface area contributed by atoms with Crippen molar-refractivity contribution in [2.45, 2.75) is 30.7 Å². The largest absolute Gasteiger partial charge is 0.471 e. The smallest absolute Gasteiger partial charge is 0.327 e. The van der Waals surface area contributed by atoms with Gasteiger partial charge in [0.05, 0.1) is 28.9 Å². The third-order valence-corrected chi connectivity index (χ3v) is 5.88. The van der Waals surface area contributed by atoms with Crippen LogP contribution in [0.25, 0.3) is 10.9 Å². The lowest BCUT2D eigenvalue weighted by atomic mass is 10.1. The highest BCUT2D eigenvalue weighted by atomic mass is 19.4. The number of amides is 4. The Kier molecular flexibility index (Phi) is 3.62. The number of piperazine rings is 1. The Bertz CT molecular complexity index is 1170. The summed E-state index contributed by atoms with van der Waals surface area (Å²) < 4.78 is 38.8. The van der Waals surface area contributed by atoms with Gasteiger partial charge in [-0.1, -0.05) is 0 Å². The number of halogens is 3. The predicted molar refractivity (Wildman–Crippen MR) is 94.9 cm³/mol. The number of anilines is 1. The van der Waals surface area contributed by atoms with E-state index in [1.165, 1.54) is 23.2 Å². The molecule has 2 aromatic rings. The minimum absolute atomic E-state index is 0.132. The highest BCUT2D eigenvalue weighted by Gasteiger charge is 2.64. The number of fused-ring (bicyclic) bond motifs is 6. The van der Waals surface area contributed by atoms with Crippen molar-refractivity contribution in [1.82, 2.24) is 14.8 Å². The zero-order valence-corrected chi connectivity index (χ0v) is 15.1. The number of nitriles is 1. The van der Waals surface area contributed by atoms with Crippen molar-refractivity contribution in [2.24, 2.45) is 0 Å². The third kappa shape index (κ3) is 2.27. The van der Waals surface area contributed by atoms with E-state index < -0.39 is 42.1 Å². The number of likely N-dealkylation sites (tertiary alicyclic amines) is 1. The first-order valence-electron chi connectivity index (χ1n) is 9.06. The molecule has 2 bridgehead atoms. The predicted octanol–water partition coefficient (Wildman–Crippen LogP) is 1.79. The average molecular weight is 415 g/mol. The van der Waals surface area contributed by atoms with Crippen LogP contribution in [0.1, 0.15) is 12.0 Å². The summed E-state index contributed by atoms with van der Waals surface area (Å²) in [4.78, 5) is 45.0. The molecule has 5 rings (SSSR count). The van der Waals surface area contributed by atoms with Crippen LogP contribution in [0.2, 0.25) is 0 Å². The lowest BCUT2D eigenvalue weighted by Gasteiger charge is -2.35. The number of rotatable bonds is 1. The van der Waals surface area contributed by atoms with Crippen LogP contribution in [0.15, 0.2) is 30.5 Å². The minimum atomic E-state index is -5.05. The second kappa shape index (κ2) is 5.91. The molecule has 30 heavy (non-hydrogen) atoms. The van der Waals surface area contributed by atoms with E-state index in [1.54, 1.807) is 12.1 Å². The van der Waals surface area contributed by atoms with E-state index in [0.29, 0.717) is 15.8 Å². The Morgan fingerprint density at radius 2 is 2.00 bits per heavy atom. The number of imide groups is 1. The van der Waals surface area contributed by atoms with Crippen molar-refractivity contribution in [3.8, 4) is 6.07 Å². The van der Waals surface area contributed by atoms with E-state index >= 15 is 0 Å². The van der Waals surface area contributed by atoms with Gasteiger partial charge in [0.15, 0.2) is 0 Å². The molecule has 152 valence electrons. The zero-order valence-electron chi connectivity index (χ0n) is 15.1. The van der Waals surface area contributed by atoms with Crippen molar-refractivity contribution in [2.75, 3.05) is 11.4 Å². The molecule has 0 radical (unpaired) electrons. The number of alkyl halides is 3. The van der Waals surface area contributed by atoms with Gasteiger partial charge in [-0.05, 0) is 30.7 Å². The molecule has 1 aromatic carbocycles. The molecule has 8 nitrogen and oxygen atoms in total. The molecular formula is C19H12F3N5O3. The van der Waals surface area contributed by atoms with Crippen LogP contribution < -0.4 is 4.90 Å². The fourth-order valence-electron chi connectivity index (χ4n) is 4.72. The number of aromatic nitrogens is 1. The van der Waals surface area contributed by atoms with Gasteiger partial charge in [-0.3, -0.25) is 14.6 Å². The fourth-order valence-corrected chi connectivity index (χ4v) is 4.72. The van der Waals surface area contributed by atoms with Gasteiger partial charge in [0.25, 0.3) is 5.91 Å². The molecule has 3 atom stereocenters. The first-order chi connectivity index (χ1) is 14.2. The molecule has 0 saturated carbocycles. The molecular weight excluding hydrogens is 403 g/mol. The van der Waals surface area contributed by atoms with Gasteiger partial charge >= 0.3 is 18.1 Å². The Morgan fingerprint density at radius 1 is 1.23 bits per heavy atom. The van der Waals surface area contributed by atoms with E-state index in [1.807, 2.05) is 6.07 Å². The van der Waals surface area contributed by atoms with Crippen LogP contribution in [0, 0.1) is 11.3 Å². The van der Waals surface area contributed by atoms with Crippen molar-refractivity contribution in [3.63, 3.8) is 0 Å². The van der Waals surface area contributed by atoms with Crippen molar-refractivity contribution in [1.29, 1.82) is 5.26 Å². The molecule has 1 aromatic heterocycles. The first kappa shape index (κ1) is 18.4. The molecule has 4 amide bonds. The maximum Gasteiger partial charge on any atom is 0.471 e. The summed E-state index contributed by atoms with van der Waals surface area (Å²) in [6.07, 6.45) is -3.44. The summed E-state index contributed by atoms with van der Waals surface area (Å²) in [5.41, 5.74) is 0.771. The average Bonchev–Trinajstić information content (AvgIpc) is 3.37.